The topological polar surface area (TPSA) is 60.4 Å². The van der Waals surface area contributed by atoms with Gasteiger partial charge >= 0.3 is 0 Å². The number of nitrogens with zero attached hydrogens (tertiary/aromatic N) is 1. The van der Waals surface area contributed by atoms with Gasteiger partial charge in [-0.25, -0.2) is 0 Å². The van der Waals surface area contributed by atoms with E-state index in [1.165, 1.54) is 16.7 Å². The van der Waals surface area contributed by atoms with Gasteiger partial charge in [0.05, 0.1) is 21.0 Å². The maximum atomic E-state index is 9.89. The summed E-state index contributed by atoms with van der Waals surface area (Å²) in [6.45, 7) is 1.11. The monoisotopic (exact) mass is 355 g/mol. The molecule has 5 rings (SSSR count). The molecule has 1 N–H and O–H groups in total. The minimum atomic E-state index is 0.0395. The standard InChI is InChI=1S/C20H21NO5/c1-23-17-6-11-3-4-21(9-22)14-5-12-7-15-16(26-10-25-15)8-13(12)19(18(11)14)20(17)24-2/h6-8,14,22H,3-5,9-10H2,1-2H3. The molecule has 2 heterocycles. The number of ether oxygens (including phenoxy) is 4. The van der Waals surface area contributed by atoms with E-state index in [-0.39, 0.29) is 19.6 Å². The van der Waals surface area contributed by atoms with E-state index < -0.39 is 0 Å². The lowest BCUT2D eigenvalue weighted by molar-refractivity contribution is 0.0601. The van der Waals surface area contributed by atoms with Crippen molar-refractivity contribution in [3.8, 4) is 34.1 Å². The van der Waals surface area contributed by atoms with Crippen LogP contribution in [0.2, 0.25) is 0 Å². The molecule has 0 spiro atoms. The number of methoxy groups -OCH3 is 2. The zero-order valence-corrected chi connectivity index (χ0v) is 14.9. The van der Waals surface area contributed by atoms with E-state index in [1.807, 2.05) is 6.07 Å². The van der Waals surface area contributed by atoms with Crippen molar-refractivity contribution in [2.75, 3.05) is 34.3 Å². The van der Waals surface area contributed by atoms with E-state index in [0.29, 0.717) is 0 Å². The van der Waals surface area contributed by atoms with Crippen LogP contribution < -0.4 is 18.9 Å². The second kappa shape index (κ2) is 5.79. The molecule has 1 unspecified atom stereocenters. The van der Waals surface area contributed by atoms with E-state index in [4.69, 9.17) is 18.9 Å². The van der Waals surface area contributed by atoms with Crippen LogP contribution >= 0.6 is 0 Å². The lowest BCUT2D eigenvalue weighted by atomic mass is 9.76. The van der Waals surface area contributed by atoms with Crippen molar-refractivity contribution >= 4 is 0 Å². The molecule has 0 fully saturated rings. The first kappa shape index (κ1) is 15.8. The molecule has 0 aromatic heterocycles. The molecule has 1 atom stereocenters. The third-order valence-corrected chi connectivity index (χ3v) is 5.70. The molecule has 0 amide bonds. The fourth-order valence-corrected chi connectivity index (χ4v) is 4.51. The lowest BCUT2D eigenvalue weighted by Crippen LogP contribution is -2.39. The molecule has 1 aliphatic carbocycles. The molecule has 3 aliphatic rings. The predicted octanol–water partition coefficient (Wildman–Crippen LogP) is 2.50. The molecule has 136 valence electrons. The van der Waals surface area contributed by atoms with Gasteiger partial charge < -0.3 is 24.1 Å². The van der Waals surface area contributed by atoms with Gasteiger partial charge in [0.15, 0.2) is 23.0 Å². The van der Waals surface area contributed by atoms with E-state index in [1.54, 1.807) is 14.2 Å². The van der Waals surface area contributed by atoms with Gasteiger partial charge in [-0.15, -0.1) is 0 Å². The number of hydrogen-bond donors (Lipinski definition) is 1. The highest BCUT2D eigenvalue weighted by atomic mass is 16.7. The van der Waals surface area contributed by atoms with Crippen LogP contribution in [0.5, 0.6) is 23.0 Å². The van der Waals surface area contributed by atoms with E-state index in [0.717, 1.165) is 53.5 Å². The smallest absolute Gasteiger partial charge is 0.231 e. The van der Waals surface area contributed by atoms with Crippen molar-refractivity contribution in [2.45, 2.75) is 18.9 Å². The van der Waals surface area contributed by atoms with Gasteiger partial charge in [-0.3, -0.25) is 4.90 Å². The molecule has 6 heteroatoms. The van der Waals surface area contributed by atoms with Crippen molar-refractivity contribution in [1.29, 1.82) is 0 Å². The quantitative estimate of drug-likeness (QED) is 0.913. The Labute approximate surface area is 151 Å². The second-order valence-electron chi connectivity index (χ2n) is 6.85. The predicted molar refractivity (Wildman–Crippen MR) is 95.0 cm³/mol. The Morgan fingerprint density at radius 3 is 2.65 bits per heavy atom. The number of fused-ring (bicyclic) bond motifs is 3. The molecule has 0 radical (unpaired) electrons. The van der Waals surface area contributed by atoms with Gasteiger partial charge in [0.2, 0.25) is 6.79 Å². The summed E-state index contributed by atoms with van der Waals surface area (Å²) >= 11 is 0. The van der Waals surface area contributed by atoms with Gasteiger partial charge in [-0.2, -0.15) is 0 Å². The second-order valence-corrected chi connectivity index (χ2v) is 6.85. The third kappa shape index (κ3) is 2.06. The van der Waals surface area contributed by atoms with Crippen LogP contribution in [0, 0.1) is 0 Å². The van der Waals surface area contributed by atoms with E-state index >= 15 is 0 Å². The zero-order chi connectivity index (χ0) is 17.8. The molecule has 0 saturated carbocycles. The molecule has 26 heavy (non-hydrogen) atoms. The zero-order valence-electron chi connectivity index (χ0n) is 14.9. The molecule has 2 aliphatic heterocycles. The highest BCUT2D eigenvalue weighted by molar-refractivity contribution is 5.85. The lowest BCUT2D eigenvalue weighted by Gasteiger charge is -2.41. The van der Waals surface area contributed by atoms with Gasteiger partial charge in [0.25, 0.3) is 0 Å². The van der Waals surface area contributed by atoms with E-state index in [9.17, 15) is 5.11 Å². The summed E-state index contributed by atoms with van der Waals surface area (Å²) in [6, 6.07) is 6.30. The van der Waals surface area contributed by atoms with Crippen molar-refractivity contribution in [2.24, 2.45) is 0 Å². The van der Waals surface area contributed by atoms with Gasteiger partial charge in [0.1, 0.15) is 0 Å². The highest BCUT2D eigenvalue weighted by Crippen LogP contribution is 2.54. The minimum absolute atomic E-state index is 0.0395. The number of rotatable bonds is 3. The normalized spacial score (nSPS) is 19.7. The summed E-state index contributed by atoms with van der Waals surface area (Å²) in [6.07, 6.45) is 1.70. The molecule has 6 nitrogen and oxygen atoms in total. The summed E-state index contributed by atoms with van der Waals surface area (Å²) in [4.78, 5) is 2.12. The van der Waals surface area contributed by atoms with Crippen LogP contribution in [0.4, 0.5) is 0 Å². The van der Waals surface area contributed by atoms with Crippen LogP contribution in [0.1, 0.15) is 22.7 Å². The van der Waals surface area contributed by atoms with Crippen molar-refractivity contribution in [3.63, 3.8) is 0 Å². The maximum Gasteiger partial charge on any atom is 0.231 e. The van der Waals surface area contributed by atoms with Crippen LogP contribution in [0.25, 0.3) is 11.1 Å². The number of aliphatic hydroxyl groups excluding tert-OH is 1. The highest BCUT2D eigenvalue weighted by Gasteiger charge is 2.38. The Morgan fingerprint density at radius 2 is 1.92 bits per heavy atom. The molecular weight excluding hydrogens is 334 g/mol. The molecule has 0 saturated heterocycles. The van der Waals surface area contributed by atoms with Crippen LogP contribution in [-0.4, -0.2) is 44.3 Å². The first-order chi connectivity index (χ1) is 12.7. The fraction of sp³-hybridized carbons (Fsp3) is 0.400. The SMILES string of the molecule is COc1cc2c3c(c1OC)-c1cc4c(cc1CC3N(CO)CC2)OCO4. The van der Waals surface area contributed by atoms with Crippen LogP contribution in [0.3, 0.4) is 0 Å². The molecule has 0 bridgehead atoms. The average Bonchev–Trinajstić information content (AvgIpc) is 3.13. The fourth-order valence-electron chi connectivity index (χ4n) is 4.51. The number of hydrogen-bond acceptors (Lipinski definition) is 6. The summed E-state index contributed by atoms with van der Waals surface area (Å²) < 4.78 is 22.6. The van der Waals surface area contributed by atoms with Crippen molar-refractivity contribution in [3.05, 3.63) is 34.9 Å². The van der Waals surface area contributed by atoms with E-state index in [2.05, 4.69) is 17.0 Å². The Hall–Kier alpha value is -2.44. The Bertz CT molecular complexity index is 895. The third-order valence-electron chi connectivity index (χ3n) is 5.70. The number of aliphatic hydroxyl groups is 1. The summed E-state index contributed by atoms with van der Waals surface area (Å²) in [5, 5.41) is 9.89. The molecule has 2 aromatic carbocycles. The Morgan fingerprint density at radius 1 is 1.12 bits per heavy atom. The summed E-state index contributed by atoms with van der Waals surface area (Å²) in [5.74, 6) is 3.01. The largest absolute Gasteiger partial charge is 0.493 e. The van der Waals surface area contributed by atoms with Gasteiger partial charge in [0, 0.05) is 18.2 Å². The molecule has 2 aromatic rings. The maximum absolute atomic E-state index is 9.89. The first-order valence-corrected chi connectivity index (χ1v) is 8.80. The number of benzene rings is 2. The van der Waals surface area contributed by atoms with Crippen LogP contribution in [-0.2, 0) is 12.8 Å². The van der Waals surface area contributed by atoms with Crippen molar-refractivity contribution in [1.82, 2.24) is 4.90 Å². The van der Waals surface area contributed by atoms with Crippen LogP contribution in [0.15, 0.2) is 18.2 Å². The first-order valence-electron chi connectivity index (χ1n) is 8.80. The summed E-state index contributed by atoms with van der Waals surface area (Å²) in [7, 11) is 3.34. The van der Waals surface area contributed by atoms with Gasteiger partial charge in [-0.1, -0.05) is 0 Å². The summed E-state index contributed by atoms with van der Waals surface area (Å²) in [5.41, 5.74) is 5.80. The van der Waals surface area contributed by atoms with Gasteiger partial charge in [-0.05, 0) is 53.3 Å². The molecular formula is C20H21NO5. The Kier molecular flexibility index (Phi) is 3.52. The Balaban J connectivity index is 1.83. The van der Waals surface area contributed by atoms with Crippen molar-refractivity contribution < 1.29 is 24.1 Å². The minimum Gasteiger partial charge on any atom is -0.493 e. The average molecular weight is 355 g/mol.